The highest BCUT2D eigenvalue weighted by Gasteiger charge is 2.21. The van der Waals surface area contributed by atoms with Crippen molar-refractivity contribution in [3.8, 4) is 44.5 Å². The Balaban J connectivity index is 1.13. The number of fused-ring (bicyclic) bond motifs is 5. The Bertz CT molecular complexity index is 3030. The van der Waals surface area contributed by atoms with Gasteiger partial charge in [0.25, 0.3) is 0 Å². The fourth-order valence-electron chi connectivity index (χ4n) is 9.24. The SMILES string of the molecule is CC(C)c1c2ccc(-c3ccc4sc5ccc(-c6ccc(C(C)(C)C)cc6)cc5c4c3)cc2c(C(C)C)c2ccc(-c3cccc(-c4ccc(C(C)(C)C)cc4)c3)cc12. The maximum absolute atomic E-state index is 2.48. The molecule has 0 N–H and O–H groups in total. The number of hydrogen-bond donors (Lipinski definition) is 0. The van der Waals surface area contributed by atoms with Gasteiger partial charge in [0.2, 0.25) is 0 Å². The van der Waals surface area contributed by atoms with Crippen LogP contribution in [0.2, 0.25) is 0 Å². The van der Waals surface area contributed by atoms with E-state index in [0.29, 0.717) is 11.8 Å². The van der Waals surface area contributed by atoms with Gasteiger partial charge in [-0.25, -0.2) is 0 Å². The second kappa shape index (κ2) is 14.6. The van der Waals surface area contributed by atoms with E-state index in [1.807, 2.05) is 11.3 Å². The molecule has 294 valence electrons. The Kier molecular flexibility index (Phi) is 9.68. The van der Waals surface area contributed by atoms with Crippen LogP contribution in [0.4, 0.5) is 0 Å². The molecule has 8 aromatic carbocycles. The van der Waals surface area contributed by atoms with Crippen molar-refractivity contribution in [3.05, 3.63) is 168 Å². The minimum Gasteiger partial charge on any atom is -0.135 e. The highest BCUT2D eigenvalue weighted by molar-refractivity contribution is 7.25. The van der Waals surface area contributed by atoms with E-state index in [1.54, 1.807) is 0 Å². The second-order valence-corrected chi connectivity index (χ2v) is 20.5. The monoisotopic (exact) mass is 784 g/mol. The lowest BCUT2D eigenvalue weighted by Crippen LogP contribution is -2.10. The average molecular weight is 785 g/mol. The lowest BCUT2D eigenvalue weighted by molar-refractivity contribution is 0.590. The van der Waals surface area contributed by atoms with Crippen LogP contribution in [0.15, 0.2) is 146 Å². The summed E-state index contributed by atoms with van der Waals surface area (Å²) in [7, 11) is 0. The molecule has 9 rings (SSSR count). The Morgan fingerprint density at radius 1 is 0.322 bits per heavy atom. The van der Waals surface area contributed by atoms with Gasteiger partial charge in [-0.3, -0.25) is 0 Å². The van der Waals surface area contributed by atoms with Crippen molar-refractivity contribution in [3.63, 3.8) is 0 Å². The van der Waals surface area contributed by atoms with Gasteiger partial charge in [0.15, 0.2) is 0 Å². The highest BCUT2D eigenvalue weighted by atomic mass is 32.1. The zero-order chi connectivity index (χ0) is 41.4. The lowest BCUT2D eigenvalue weighted by Gasteiger charge is -2.22. The fourth-order valence-corrected chi connectivity index (χ4v) is 10.3. The first-order valence-electron chi connectivity index (χ1n) is 21.5. The number of thiophene rings is 1. The molecular formula is C58H56S. The van der Waals surface area contributed by atoms with Crippen molar-refractivity contribution in [2.24, 2.45) is 0 Å². The number of rotatable bonds is 6. The first kappa shape index (κ1) is 39.0. The minimum absolute atomic E-state index is 0.138. The van der Waals surface area contributed by atoms with Crippen molar-refractivity contribution in [2.45, 2.75) is 91.9 Å². The summed E-state index contributed by atoms with van der Waals surface area (Å²) in [5.41, 5.74) is 16.0. The van der Waals surface area contributed by atoms with Crippen molar-refractivity contribution in [1.82, 2.24) is 0 Å². The third-order valence-corrected chi connectivity index (χ3v) is 13.7. The molecule has 0 spiro atoms. The number of benzene rings is 8. The molecule has 0 radical (unpaired) electrons. The summed E-state index contributed by atoms with van der Waals surface area (Å²) in [6.07, 6.45) is 0. The molecule has 0 nitrogen and oxygen atoms in total. The summed E-state index contributed by atoms with van der Waals surface area (Å²) in [6.45, 7) is 23.1. The molecule has 1 heteroatoms. The Morgan fingerprint density at radius 3 is 1.03 bits per heavy atom. The van der Waals surface area contributed by atoms with Crippen LogP contribution in [-0.2, 0) is 10.8 Å². The molecule has 1 aromatic heterocycles. The summed E-state index contributed by atoms with van der Waals surface area (Å²) in [5.74, 6) is 0.725. The van der Waals surface area contributed by atoms with Gasteiger partial charge in [-0.05, 0) is 153 Å². The molecule has 0 bridgehead atoms. The third-order valence-electron chi connectivity index (χ3n) is 12.5. The van der Waals surface area contributed by atoms with Gasteiger partial charge in [0.05, 0.1) is 0 Å². The van der Waals surface area contributed by atoms with Crippen molar-refractivity contribution in [2.75, 3.05) is 0 Å². The highest BCUT2D eigenvalue weighted by Crippen LogP contribution is 2.44. The van der Waals surface area contributed by atoms with Gasteiger partial charge in [-0.2, -0.15) is 0 Å². The standard InChI is InChI=1S/C58H56S/c1-35(2)55-48-27-19-43(44-21-29-54-50(32-44)49-31-41(20-28-53(49)59-54)38-16-24-46(25-17-38)58(8,9)10)34-52(48)56(36(3)4)47-26-18-42(33-51(47)55)40-13-11-12-39(30-40)37-14-22-45(23-15-37)57(5,6)7/h11-36H,1-10H3. The molecule has 9 aromatic rings. The average Bonchev–Trinajstić information content (AvgIpc) is 3.59. The predicted molar refractivity (Wildman–Crippen MR) is 262 cm³/mol. The summed E-state index contributed by atoms with van der Waals surface area (Å²) >= 11 is 1.89. The maximum Gasteiger partial charge on any atom is 0.0355 e. The predicted octanol–water partition coefficient (Wildman–Crippen LogP) is 17.9. The minimum atomic E-state index is 0.138. The molecular weight excluding hydrogens is 729 g/mol. The van der Waals surface area contributed by atoms with Gasteiger partial charge in [-0.15, -0.1) is 11.3 Å². The molecule has 0 aliphatic heterocycles. The molecule has 0 atom stereocenters. The van der Waals surface area contributed by atoms with Crippen LogP contribution in [0, 0.1) is 0 Å². The van der Waals surface area contributed by atoms with E-state index in [4.69, 9.17) is 0 Å². The van der Waals surface area contributed by atoms with Crippen LogP contribution in [0.1, 0.15) is 103 Å². The van der Waals surface area contributed by atoms with Gasteiger partial charge in [0, 0.05) is 20.2 Å². The van der Waals surface area contributed by atoms with Gasteiger partial charge >= 0.3 is 0 Å². The molecule has 0 aliphatic rings. The zero-order valence-corrected chi connectivity index (χ0v) is 37.2. The smallest absolute Gasteiger partial charge is 0.0355 e. The van der Waals surface area contributed by atoms with Crippen LogP contribution >= 0.6 is 11.3 Å². The Labute approximate surface area is 355 Å². The third kappa shape index (κ3) is 7.19. The second-order valence-electron chi connectivity index (χ2n) is 19.4. The van der Waals surface area contributed by atoms with E-state index < -0.39 is 0 Å². The summed E-state index contributed by atoms with van der Waals surface area (Å²) < 4.78 is 2.67. The van der Waals surface area contributed by atoms with E-state index in [-0.39, 0.29) is 10.8 Å². The zero-order valence-electron chi connectivity index (χ0n) is 36.4. The normalized spacial score (nSPS) is 12.5. The summed E-state index contributed by atoms with van der Waals surface area (Å²) in [4.78, 5) is 0. The van der Waals surface area contributed by atoms with E-state index in [9.17, 15) is 0 Å². The van der Waals surface area contributed by atoms with Crippen molar-refractivity contribution in [1.29, 1.82) is 0 Å². The van der Waals surface area contributed by atoms with E-state index in [1.165, 1.54) is 108 Å². The van der Waals surface area contributed by atoms with Crippen LogP contribution in [0.5, 0.6) is 0 Å². The Hall–Kier alpha value is -5.50. The topological polar surface area (TPSA) is 0 Å². The summed E-state index contributed by atoms with van der Waals surface area (Å²) in [6, 6.07) is 55.9. The van der Waals surface area contributed by atoms with Crippen LogP contribution in [0.25, 0.3) is 86.2 Å². The van der Waals surface area contributed by atoms with Gasteiger partial charge in [-0.1, -0.05) is 172 Å². The van der Waals surface area contributed by atoms with Crippen LogP contribution in [0.3, 0.4) is 0 Å². The molecule has 0 aliphatic carbocycles. The first-order chi connectivity index (χ1) is 28.1. The van der Waals surface area contributed by atoms with Crippen molar-refractivity contribution < 1.29 is 0 Å². The quantitative estimate of drug-likeness (QED) is 0.147. The number of hydrogen-bond acceptors (Lipinski definition) is 1. The molecule has 0 saturated carbocycles. The molecule has 59 heavy (non-hydrogen) atoms. The largest absolute Gasteiger partial charge is 0.135 e. The lowest BCUT2D eigenvalue weighted by atomic mass is 9.81. The molecule has 0 fully saturated rings. The fraction of sp³-hybridized carbons (Fsp3) is 0.241. The van der Waals surface area contributed by atoms with Gasteiger partial charge in [0.1, 0.15) is 0 Å². The molecule has 0 unspecified atom stereocenters. The van der Waals surface area contributed by atoms with Crippen LogP contribution in [-0.4, -0.2) is 0 Å². The van der Waals surface area contributed by atoms with E-state index in [2.05, 4.69) is 215 Å². The summed E-state index contributed by atoms with van der Waals surface area (Å²) in [5, 5.41) is 8.15. The van der Waals surface area contributed by atoms with Gasteiger partial charge < -0.3 is 0 Å². The maximum atomic E-state index is 2.48. The van der Waals surface area contributed by atoms with E-state index in [0.717, 1.165) is 0 Å². The molecule has 0 amide bonds. The van der Waals surface area contributed by atoms with Crippen LogP contribution < -0.4 is 0 Å². The first-order valence-corrected chi connectivity index (χ1v) is 22.3. The van der Waals surface area contributed by atoms with Crippen molar-refractivity contribution >= 4 is 53.1 Å². The molecule has 0 saturated heterocycles. The Morgan fingerprint density at radius 2 is 0.644 bits per heavy atom. The molecule has 1 heterocycles. The van der Waals surface area contributed by atoms with E-state index >= 15 is 0 Å².